The van der Waals surface area contributed by atoms with Crippen molar-refractivity contribution < 1.29 is 17.9 Å². The van der Waals surface area contributed by atoms with E-state index < -0.39 is 15.2 Å². The molecule has 0 saturated heterocycles. The standard InChI is InChI=1S/C12H19NO4S2/c1-4-17-11-7-9(5-6-10(11)16-2)18-12(13)8-19(3,14)15/h5-7,12H,4,8,13H2,1-3H3. The van der Waals surface area contributed by atoms with Gasteiger partial charge in [-0.3, -0.25) is 0 Å². The van der Waals surface area contributed by atoms with Gasteiger partial charge in [-0.1, -0.05) is 0 Å². The Bertz CT molecular complexity index is 516. The van der Waals surface area contributed by atoms with Gasteiger partial charge in [-0.2, -0.15) is 0 Å². The van der Waals surface area contributed by atoms with E-state index in [0.29, 0.717) is 18.1 Å². The van der Waals surface area contributed by atoms with Crippen LogP contribution in [0.25, 0.3) is 0 Å². The van der Waals surface area contributed by atoms with Gasteiger partial charge in [0.25, 0.3) is 0 Å². The molecule has 0 fully saturated rings. The molecule has 0 saturated carbocycles. The Morgan fingerprint density at radius 1 is 1.37 bits per heavy atom. The smallest absolute Gasteiger partial charge is 0.162 e. The van der Waals surface area contributed by atoms with E-state index in [1.54, 1.807) is 19.2 Å². The zero-order valence-corrected chi connectivity index (χ0v) is 12.9. The summed E-state index contributed by atoms with van der Waals surface area (Å²) < 4.78 is 33.0. The summed E-state index contributed by atoms with van der Waals surface area (Å²) in [6.45, 7) is 2.41. The Balaban J connectivity index is 2.81. The summed E-state index contributed by atoms with van der Waals surface area (Å²) in [6, 6.07) is 5.41. The highest BCUT2D eigenvalue weighted by Gasteiger charge is 2.14. The summed E-state index contributed by atoms with van der Waals surface area (Å²) in [6.07, 6.45) is 1.17. The molecule has 0 aliphatic carbocycles. The third-order valence-electron chi connectivity index (χ3n) is 2.19. The van der Waals surface area contributed by atoms with Crippen LogP contribution in [0.3, 0.4) is 0 Å². The van der Waals surface area contributed by atoms with Crippen LogP contribution in [-0.4, -0.2) is 39.5 Å². The van der Waals surface area contributed by atoms with Crippen molar-refractivity contribution in [3.05, 3.63) is 18.2 Å². The molecule has 0 heterocycles. The lowest BCUT2D eigenvalue weighted by atomic mass is 10.3. The van der Waals surface area contributed by atoms with Crippen molar-refractivity contribution in [2.45, 2.75) is 17.2 Å². The number of hydrogen-bond donors (Lipinski definition) is 1. The lowest BCUT2D eigenvalue weighted by Gasteiger charge is -2.13. The molecule has 0 aliphatic rings. The number of nitrogens with two attached hydrogens (primary N) is 1. The zero-order valence-electron chi connectivity index (χ0n) is 11.3. The van der Waals surface area contributed by atoms with E-state index in [9.17, 15) is 8.42 Å². The molecule has 0 radical (unpaired) electrons. The first-order valence-corrected chi connectivity index (χ1v) is 8.70. The molecule has 0 bridgehead atoms. The van der Waals surface area contributed by atoms with Crippen molar-refractivity contribution in [1.29, 1.82) is 0 Å². The maximum absolute atomic E-state index is 11.2. The van der Waals surface area contributed by atoms with E-state index in [2.05, 4.69) is 0 Å². The highest BCUT2D eigenvalue weighted by Crippen LogP contribution is 2.33. The summed E-state index contributed by atoms with van der Waals surface area (Å²) in [5.74, 6) is 1.21. The molecule has 0 spiro atoms. The second kappa shape index (κ2) is 7.02. The largest absolute Gasteiger partial charge is 0.493 e. The number of hydrogen-bond acceptors (Lipinski definition) is 6. The fraction of sp³-hybridized carbons (Fsp3) is 0.500. The minimum Gasteiger partial charge on any atom is -0.493 e. The average Bonchev–Trinajstić information content (AvgIpc) is 2.27. The van der Waals surface area contributed by atoms with Gasteiger partial charge < -0.3 is 15.2 Å². The van der Waals surface area contributed by atoms with Crippen molar-refractivity contribution in [3.8, 4) is 11.5 Å². The molecule has 0 aromatic heterocycles. The number of sulfone groups is 1. The number of methoxy groups -OCH3 is 1. The molecule has 1 unspecified atom stereocenters. The van der Waals surface area contributed by atoms with Gasteiger partial charge in [0.15, 0.2) is 11.5 Å². The number of thioether (sulfide) groups is 1. The summed E-state index contributed by atoms with van der Waals surface area (Å²) in [5.41, 5.74) is 5.80. The second-order valence-electron chi connectivity index (χ2n) is 3.99. The zero-order chi connectivity index (χ0) is 14.5. The molecule has 1 rings (SSSR count). The second-order valence-corrected chi connectivity index (χ2v) is 7.49. The van der Waals surface area contributed by atoms with Crippen LogP contribution < -0.4 is 15.2 Å². The van der Waals surface area contributed by atoms with Gasteiger partial charge in [0.05, 0.1) is 24.8 Å². The molecule has 108 valence electrons. The minimum atomic E-state index is -3.08. The molecule has 1 aromatic carbocycles. The third-order valence-corrected chi connectivity index (χ3v) is 4.36. The van der Waals surface area contributed by atoms with Crippen LogP contribution in [0.2, 0.25) is 0 Å². The Labute approximate surface area is 118 Å². The summed E-state index contributed by atoms with van der Waals surface area (Å²) in [5, 5.41) is -0.502. The summed E-state index contributed by atoms with van der Waals surface area (Å²) >= 11 is 1.29. The van der Waals surface area contributed by atoms with Crippen LogP contribution in [-0.2, 0) is 9.84 Å². The number of rotatable bonds is 7. The molecule has 19 heavy (non-hydrogen) atoms. The van der Waals surface area contributed by atoms with Gasteiger partial charge in [-0.15, -0.1) is 11.8 Å². The third kappa shape index (κ3) is 5.71. The van der Waals surface area contributed by atoms with Gasteiger partial charge in [-0.05, 0) is 25.1 Å². The van der Waals surface area contributed by atoms with E-state index in [-0.39, 0.29) is 5.75 Å². The first-order valence-electron chi connectivity index (χ1n) is 5.76. The monoisotopic (exact) mass is 305 g/mol. The first kappa shape index (κ1) is 16.1. The van der Waals surface area contributed by atoms with Crippen molar-refractivity contribution in [2.24, 2.45) is 5.73 Å². The molecular weight excluding hydrogens is 286 g/mol. The van der Waals surface area contributed by atoms with Crippen molar-refractivity contribution in [3.63, 3.8) is 0 Å². The quantitative estimate of drug-likeness (QED) is 0.608. The highest BCUT2D eigenvalue weighted by atomic mass is 32.2. The van der Waals surface area contributed by atoms with Crippen LogP contribution in [0.5, 0.6) is 11.5 Å². The van der Waals surface area contributed by atoms with Crippen LogP contribution in [0.1, 0.15) is 6.92 Å². The number of ether oxygens (including phenoxy) is 2. The molecule has 5 nitrogen and oxygen atoms in total. The van der Waals surface area contributed by atoms with Crippen molar-refractivity contribution in [2.75, 3.05) is 25.7 Å². The van der Waals surface area contributed by atoms with E-state index in [4.69, 9.17) is 15.2 Å². The van der Waals surface area contributed by atoms with Gasteiger partial charge in [0, 0.05) is 11.2 Å². The molecule has 7 heteroatoms. The Morgan fingerprint density at radius 2 is 2.05 bits per heavy atom. The minimum absolute atomic E-state index is 0.0618. The topological polar surface area (TPSA) is 78.6 Å². The molecular formula is C12H19NO4S2. The predicted octanol–water partition coefficient (Wildman–Crippen LogP) is 1.52. The molecule has 0 aliphatic heterocycles. The van der Waals surface area contributed by atoms with Crippen LogP contribution in [0.4, 0.5) is 0 Å². The molecule has 0 amide bonds. The van der Waals surface area contributed by atoms with E-state index in [0.717, 1.165) is 4.90 Å². The van der Waals surface area contributed by atoms with Crippen LogP contribution in [0, 0.1) is 0 Å². The van der Waals surface area contributed by atoms with Gasteiger partial charge >= 0.3 is 0 Å². The Hall–Kier alpha value is -0.920. The Morgan fingerprint density at radius 3 is 2.58 bits per heavy atom. The SMILES string of the molecule is CCOc1cc(SC(N)CS(C)(=O)=O)ccc1OC. The van der Waals surface area contributed by atoms with E-state index >= 15 is 0 Å². The maximum Gasteiger partial charge on any atom is 0.162 e. The highest BCUT2D eigenvalue weighted by molar-refractivity contribution is 8.01. The van der Waals surface area contributed by atoms with Gasteiger partial charge in [0.2, 0.25) is 0 Å². The fourth-order valence-electron chi connectivity index (χ4n) is 1.51. The van der Waals surface area contributed by atoms with Crippen LogP contribution in [0.15, 0.2) is 23.1 Å². The Kier molecular flexibility index (Phi) is 5.96. The lowest BCUT2D eigenvalue weighted by molar-refractivity contribution is 0.310. The lowest BCUT2D eigenvalue weighted by Crippen LogP contribution is -2.25. The molecule has 2 N–H and O–H groups in total. The average molecular weight is 305 g/mol. The number of benzene rings is 1. The summed E-state index contributed by atoms with van der Waals surface area (Å²) in [7, 11) is -1.51. The van der Waals surface area contributed by atoms with Gasteiger partial charge in [-0.25, -0.2) is 8.42 Å². The maximum atomic E-state index is 11.2. The van der Waals surface area contributed by atoms with E-state index in [1.165, 1.54) is 18.0 Å². The summed E-state index contributed by atoms with van der Waals surface area (Å²) in [4.78, 5) is 0.848. The van der Waals surface area contributed by atoms with Crippen molar-refractivity contribution >= 4 is 21.6 Å². The molecule has 1 atom stereocenters. The first-order chi connectivity index (χ1) is 8.85. The van der Waals surface area contributed by atoms with Gasteiger partial charge in [0.1, 0.15) is 9.84 Å². The molecule has 1 aromatic rings. The predicted molar refractivity (Wildman–Crippen MR) is 77.7 cm³/mol. The van der Waals surface area contributed by atoms with Crippen LogP contribution >= 0.6 is 11.8 Å². The van der Waals surface area contributed by atoms with Crippen molar-refractivity contribution in [1.82, 2.24) is 0 Å². The van der Waals surface area contributed by atoms with E-state index in [1.807, 2.05) is 13.0 Å². The normalized spacial score (nSPS) is 13.1. The fourth-order valence-corrected chi connectivity index (χ4v) is 3.79.